The van der Waals surface area contributed by atoms with Crippen molar-refractivity contribution in [3.05, 3.63) is 64.7 Å². The molecule has 9 heteroatoms. The highest BCUT2D eigenvalue weighted by Crippen LogP contribution is 2.37. The summed E-state index contributed by atoms with van der Waals surface area (Å²) in [6, 6.07) is 6.08. The Morgan fingerprint density at radius 1 is 1.06 bits per heavy atom. The molecule has 0 radical (unpaired) electrons. The van der Waals surface area contributed by atoms with Crippen LogP contribution in [0.3, 0.4) is 0 Å². The molecule has 2 aromatic rings. The summed E-state index contributed by atoms with van der Waals surface area (Å²) in [5, 5.41) is 0. The van der Waals surface area contributed by atoms with Crippen molar-refractivity contribution in [2.45, 2.75) is 18.9 Å². The molecule has 2 aliphatic heterocycles. The van der Waals surface area contributed by atoms with Crippen LogP contribution < -0.4 is 10.3 Å². The molecule has 4 heterocycles. The molecule has 0 spiro atoms. The summed E-state index contributed by atoms with van der Waals surface area (Å²) in [5.41, 5.74) is -0.156. The van der Waals surface area contributed by atoms with Crippen LogP contribution in [-0.4, -0.2) is 63.3 Å². The smallest absolute Gasteiger partial charge is 0.260 e. The van der Waals surface area contributed by atoms with Crippen LogP contribution in [0.1, 0.15) is 23.2 Å². The Balaban J connectivity index is 1.36. The molecule has 2 saturated heterocycles. The first-order chi connectivity index (χ1) is 15.5. The Hall–Kier alpha value is -3.75. The predicted octanol–water partition coefficient (Wildman–Crippen LogP) is 1.02. The number of amides is 3. The number of hydrogen-bond acceptors (Lipinski definition) is 6. The average molecular weight is 434 g/mol. The molecule has 2 atom stereocenters. The van der Waals surface area contributed by atoms with Crippen molar-refractivity contribution in [3.8, 4) is 11.6 Å². The van der Waals surface area contributed by atoms with E-state index < -0.39 is 0 Å². The minimum absolute atomic E-state index is 0.136. The molecule has 2 unspecified atom stereocenters. The molecule has 9 nitrogen and oxygen atoms in total. The van der Waals surface area contributed by atoms with Gasteiger partial charge in [0, 0.05) is 31.5 Å². The highest BCUT2D eigenvalue weighted by atomic mass is 16.5. The molecular weight excluding hydrogens is 412 g/mol. The molecule has 0 N–H and O–H groups in total. The van der Waals surface area contributed by atoms with Crippen LogP contribution in [0.15, 0.2) is 53.6 Å². The molecule has 2 fully saturated rings. The van der Waals surface area contributed by atoms with E-state index >= 15 is 0 Å². The summed E-state index contributed by atoms with van der Waals surface area (Å²) in [6.07, 6.45) is 8.07. The fourth-order valence-corrected chi connectivity index (χ4v) is 4.66. The van der Waals surface area contributed by atoms with E-state index in [2.05, 4.69) is 4.98 Å². The molecule has 32 heavy (non-hydrogen) atoms. The highest BCUT2D eigenvalue weighted by molar-refractivity contribution is 6.06. The van der Waals surface area contributed by atoms with Crippen LogP contribution in [-0.2, 0) is 9.59 Å². The summed E-state index contributed by atoms with van der Waals surface area (Å²) < 4.78 is 6.56. The van der Waals surface area contributed by atoms with Crippen molar-refractivity contribution in [1.29, 1.82) is 0 Å². The lowest BCUT2D eigenvalue weighted by atomic mass is 9.85. The van der Waals surface area contributed by atoms with Gasteiger partial charge in [0.1, 0.15) is 11.6 Å². The number of hydrogen-bond donors (Lipinski definition) is 0. The lowest BCUT2D eigenvalue weighted by Gasteiger charge is -2.43. The summed E-state index contributed by atoms with van der Waals surface area (Å²) in [4.78, 5) is 58.3. The van der Waals surface area contributed by atoms with Gasteiger partial charge in [-0.1, -0.05) is 18.2 Å². The number of imide groups is 1. The molecule has 0 bridgehead atoms. The Kier molecular flexibility index (Phi) is 4.88. The number of rotatable bonds is 4. The first-order valence-corrected chi connectivity index (χ1v) is 10.5. The van der Waals surface area contributed by atoms with E-state index in [-0.39, 0.29) is 65.6 Å². The zero-order valence-electron chi connectivity index (χ0n) is 17.5. The van der Waals surface area contributed by atoms with Crippen LogP contribution in [0.25, 0.3) is 5.82 Å². The Labute approximate surface area is 183 Å². The van der Waals surface area contributed by atoms with E-state index in [0.717, 1.165) is 0 Å². The maximum atomic E-state index is 13.2. The third-order valence-electron chi connectivity index (χ3n) is 6.42. The maximum absolute atomic E-state index is 13.2. The Bertz CT molecular complexity index is 1160. The first-order valence-electron chi connectivity index (χ1n) is 10.5. The summed E-state index contributed by atoms with van der Waals surface area (Å²) in [6.45, 7) is 0.518. The largest absolute Gasteiger partial charge is 0.496 e. The Morgan fingerprint density at radius 3 is 2.34 bits per heavy atom. The van der Waals surface area contributed by atoms with Crippen molar-refractivity contribution in [2.24, 2.45) is 11.8 Å². The predicted molar refractivity (Wildman–Crippen MR) is 113 cm³/mol. The zero-order valence-corrected chi connectivity index (χ0v) is 17.5. The number of ether oxygens (including phenoxy) is 1. The van der Waals surface area contributed by atoms with Gasteiger partial charge in [0.05, 0.1) is 30.6 Å². The van der Waals surface area contributed by atoms with E-state index in [1.807, 2.05) is 12.2 Å². The second kappa shape index (κ2) is 7.74. The summed E-state index contributed by atoms with van der Waals surface area (Å²) >= 11 is 0. The number of carbonyl (C=O) groups excluding carboxylic acids is 3. The third-order valence-corrected chi connectivity index (χ3v) is 6.42. The second-order valence-electron chi connectivity index (χ2n) is 8.22. The first kappa shape index (κ1) is 20.2. The molecule has 5 rings (SSSR count). The van der Waals surface area contributed by atoms with Gasteiger partial charge in [-0.25, -0.2) is 4.98 Å². The van der Waals surface area contributed by atoms with Crippen LogP contribution in [0.5, 0.6) is 5.75 Å². The maximum Gasteiger partial charge on any atom is 0.260 e. The number of nitrogens with zero attached hydrogens (tertiary/aromatic N) is 4. The van der Waals surface area contributed by atoms with E-state index in [1.165, 1.54) is 28.8 Å². The van der Waals surface area contributed by atoms with E-state index in [4.69, 9.17) is 4.74 Å². The van der Waals surface area contributed by atoms with Gasteiger partial charge in [0.2, 0.25) is 11.8 Å². The average Bonchev–Trinajstić information content (AvgIpc) is 3.04. The minimum atomic E-state index is -0.372. The molecule has 3 amide bonds. The number of aromatic nitrogens is 2. The molecule has 0 saturated carbocycles. The zero-order chi connectivity index (χ0) is 22.4. The van der Waals surface area contributed by atoms with Gasteiger partial charge in [-0.15, -0.1) is 0 Å². The fraction of sp³-hybridized carbons (Fsp3) is 0.348. The summed E-state index contributed by atoms with van der Waals surface area (Å²) in [7, 11) is 1.40. The van der Waals surface area contributed by atoms with Gasteiger partial charge in [0.15, 0.2) is 0 Å². The number of fused-ring (bicyclic) bond motifs is 1. The van der Waals surface area contributed by atoms with E-state index in [1.54, 1.807) is 29.3 Å². The lowest BCUT2D eigenvalue weighted by Crippen LogP contribution is -2.62. The Morgan fingerprint density at radius 2 is 1.75 bits per heavy atom. The molecular formula is C23H22N4O5. The van der Waals surface area contributed by atoms with Crippen molar-refractivity contribution in [1.82, 2.24) is 19.4 Å². The minimum Gasteiger partial charge on any atom is -0.496 e. The third kappa shape index (κ3) is 3.12. The number of methoxy groups -OCH3 is 1. The monoisotopic (exact) mass is 434 g/mol. The lowest BCUT2D eigenvalue weighted by molar-refractivity contribution is -0.145. The number of carbonyl (C=O) groups is 3. The molecule has 1 aliphatic carbocycles. The molecule has 164 valence electrons. The van der Waals surface area contributed by atoms with Gasteiger partial charge in [0.25, 0.3) is 11.5 Å². The number of pyridine rings is 2. The van der Waals surface area contributed by atoms with Gasteiger partial charge in [-0.2, -0.15) is 0 Å². The topological polar surface area (TPSA) is 102 Å². The van der Waals surface area contributed by atoms with Gasteiger partial charge in [-0.05, 0) is 25.0 Å². The van der Waals surface area contributed by atoms with Gasteiger partial charge in [-0.3, -0.25) is 28.6 Å². The highest BCUT2D eigenvalue weighted by Gasteiger charge is 2.52. The number of allylic oxidation sites excluding steroid dienone is 2. The standard InChI is InChI=1S/C23H22N4O5/c1-32-18-10-20(28)26(19-8-4-5-9-24-19)13-17(18)21(29)25-11-14(12-25)27-22(30)15-6-2-3-7-16(15)23(27)31/h2-5,8-10,13-16H,6-7,11-12H2,1H3. The molecule has 3 aliphatic rings. The molecule has 0 aromatic carbocycles. The quantitative estimate of drug-likeness (QED) is 0.526. The van der Waals surface area contributed by atoms with E-state index in [9.17, 15) is 19.2 Å². The van der Waals surface area contributed by atoms with E-state index in [0.29, 0.717) is 18.7 Å². The van der Waals surface area contributed by atoms with Gasteiger partial charge >= 0.3 is 0 Å². The van der Waals surface area contributed by atoms with Crippen molar-refractivity contribution in [3.63, 3.8) is 0 Å². The number of likely N-dealkylation sites (tertiary alicyclic amines) is 2. The van der Waals surface area contributed by atoms with Crippen LogP contribution in [0.2, 0.25) is 0 Å². The van der Waals surface area contributed by atoms with Gasteiger partial charge < -0.3 is 9.64 Å². The van der Waals surface area contributed by atoms with Crippen LogP contribution in [0, 0.1) is 11.8 Å². The fourth-order valence-electron chi connectivity index (χ4n) is 4.66. The second-order valence-corrected chi connectivity index (χ2v) is 8.22. The van der Waals surface area contributed by atoms with Crippen molar-refractivity contribution >= 4 is 17.7 Å². The summed E-state index contributed by atoms with van der Waals surface area (Å²) in [5.74, 6) is -0.605. The SMILES string of the molecule is COc1cc(=O)n(-c2ccccn2)cc1C(=O)N1CC(N2C(=O)C3CC=CCC3C2=O)C1. The van der Waals surface area contributed by atoms with Crippen molar-refractivity contribution in [2.75, 3.05) is 20.2 Å². The normalized spacial score (nSPS) is 22.7. The van der Waals surface area contributed by atoms with Crippen LogP contribution in [0.4, 0.5) is 0 Å². The molecule has 2 aromatic heterocycles. The van der Waals surface area contributed by atoms with Crippen molar-refractivity contribution < 1.29 is 19.1 Å². The van der Waals surface area contributed by atoms with Crippen LogP contribution >= 0.6 is 0 Å².